The Morgan fingerprint density at radius 2 is 1.96 bits per heavy atom. The summed E-state index contributed by atoms with van der Waals surface area (Å²) in [6, 6.07) is 5.59. The number of unbranched alkanes of at least 4 members (excludes halogenated alkanes) is 2. The molecular formula is C17H21F3N2O3. The number of amides is 1. The monoisotopic (exact) mass is 358 g/mol. The van der Waals surface area contributed by atoms with Crippen LogP contribution in [0.4, 0.5) is 13.2 Å². The van der Waals surface area contributed by atoms with E-state index >= 15 is 0 Å². The van der Waals surface area contributed by atoms with Crippen LogP contribution in [0, 0.1) is 0 Å². The van der Waals surface area contributed by atoms with Gasteiger partial charge in [-0.05, 0) is 37.1 Å². The van der Waals surface area contributed by atoms with Gasteiger partial charge in [0.2, 0.25) is 0 Å². The Labute approximate surface area is 144 Å². The van der Waals surface area contributed by atoms with E-state index in [2.05, 4.69) is 5.10 Å². The van der Waals surface area contributed by atoms with Gasteiger partial charge in [0.1, 0.15) is 5.75 Å². The van der Waals surface area contributed by atoms with Gasteiger partial charge in [0, 0.05) is 17.7 Å². The summed E-state index contributed by atoms with van der Waals surface area (Å²) in [6.45, 7) is 1.97. The number of nitrogens with zero attached hydrogens (tertiary/aromatic N) is 2. The van der Waals surface area contributed by atoms with Crippen molar-refractivity contribution >= 4 is 11.6 Å². The number of ether oxygens (including phenoxy) is 1. The Morgan fingerprint density at radius 1 is 1.32 bits per heavy atom. The van der Waals surface area contributed by atoms with Gasteiger partial charge in [0.15, 0.2) is 0 Å². The van der Waals surface area contributed by atoms with E-state index in [1.165, 1.54) is 31.4 Å². The molecule has 0 unspecified atom stereocenters. The highest BCUT2D eigenvalue weighted by Gasteiger charge is 2.63. The smallest absolute Gasteiger partial charge is 0.438 e. The average molecular weight is 358 g/mol. The van der Waals surface area contributed by atoms with Crippen LogP contribution < -0.4 is 4.74 Å². The third kappa shape index (κ3) is 3.95. The van der Waals surface area contributed by atoms with Crippen LogP contribution in [0.2, 0.25) is 0 Å². The molecule has 1 aliphatic rings. The average Bonchev–Trinajstić information content (AvgIpc) is 2.92. The van der Waals surface area contributed by atoms with Crippen molar-refractivity contribution in [2.45, 2.75) is 50.9 Å². The normalized spacial score (nSPS) is 20.6. The second kappa shape index (κ2) is 7.43. The summed E-state index contributed by atoms with van der Waals surface area (Å²) in [5.41, 5.74) is -3.15. The van der Waals surface area contributed by atoms with Gasteiger partial charge in [0.25, 0.3) is 11.6 Å². The van der Waals surface area contributed by atoms with E-state index in [0.29, 0.717) is 18.6 Å². The summed E-state index contributed by atoms with van der Waals surface area (Å²) in [5.74, 6) is -0.541. The molecule has 138 valence electrons. The fourth-order valence-corrected chi connectivity index (χ4v) is 2.63. The minimum Gasteiger partial charge on any atom is -0.497 e. The van der Waals surface area contributed by atoms with E-state index < -0.39 is 24.2 Å². The van der Waals surface area contributed by atoms with Crippen LogP contribution in [0.5, 0.6) is 5.75 Å². The standard InChI is InChI=1S/C17H21F3N2O3/c1-3-4-5-6-13-11-16(24,17(18,19)20)22(21-13)15(23)12-7-9-14(25-2)10-8-12/h7-10,24H,3-6,11H2,1-2H3/t16-/m0/s1. The Morgan fingerprint density at radius 3 is 2.48 bits per heavy atom. The Kier molecular flexibility index (Phi) is 5.72. The third-order valence-electron chi connectivity index (χ3n) is 4.09. The number of hydrogen-bond donors (Lipinski definition) is 1. The Hall–Kier alpha value is -2.09. The molecular weight excluding hydrogens is 337 g/mol. The fourth-order valence-electron chi connectivity index (χ4n) is 2.63. The molecule has 0 aliphatic carbocycles. The summed E-state index contributed by atoms with van der Waals surface area (Å²) in [4.78, 5) is 12.5. The van der Waals surface area contributed by atoms with Crippen LogP contribution >= 0.6 is 0 Å². The molecule has 1 atom stereocenters. The van der Waals surface area contributed by atoms with Crippen molar-refractivity contribution in [2.75, 3.05) is 7.11 Å². The molecule has 0 saturated carbocycles. The van der Waals surface area contributed by atoms with Crippen LogP contribution in [-0.4, -0.2) is 40.7 Å². The van der Waals surface area contributed by atoms with Crippen molar-refractivity contribution in [2.24, 2.45) is 5.10 Å². The number of benzene rings is 1. The maximum atomic E-state index is 13.4. The predicted molar refractivity (Wildman–Crippen MR) is 86.4 cm³/mol. The van der Waals surface area contributed by atoms with Gasteiger partial charge in [-0.25, -0.2) is 0 Å². The largest absolute Gasteiger partial charge is 0.497 e. The Balaban J connectivity index is 2.29. The van der Waals surface area contributed by atoms with Crippen molar-refractivity contribution in [3.8, 4) is 5.75 Å². The van der Waals surface area contributed by atoms with Crippen molar-refractivity contribution in [1.29, 1.82) is 0 Å². The highest BCUT2D eigenvalue weighted by atomic mass is 19.4. The summed E-state index contributed by atoms with van der Waals surface area (Å²) in [6.07, 6.45) is -3.00. The van der Waals surface area contributed by atoms with Gasteiger partial charge in [-0.3, -0.25) is 4.79 Å². The Bertz CT molecular complexity index is 644. The molecule has 1 aliphatic heterocycles. The molecule has 5 nitrogen and oxygen atoms in total. The molecule has 1 heterocycles. The number of hydrogen-bond acceptors (Lipinski definition) is 4. The van der Waals surface area contributed by atoms with E-state index in [4.69, 9.17) is 4.74 Å². The van der Waals surface area contributed by atoms with E-state index in [0.717, 1.165) is 12.8 Å². The SMILES string of the molecule is CCCCCC1=NN(C(=O)c2ccc(OC)cc2)[C@@](O)(C(F)(F)F)C1. The van der Waals surface area contributed by atoms with E-state index in [9.17, 15) is 23.1 Å². The van der Waals surface area contributed by atoms with Gasteiger partial charge >= 0.3 is 6.18 Å². The second-order valence-corrected chi connectivity index (χ2v) is 5.96. The number of aliphatic hydroxyl groups is 1. The second-order valence-electron chi connectivity index (χ2n) is 5.96. The van der Waals surface area contributed by atoms with Crippen LogP contribution in [0.25, 0.3) is 0 Å². The summed E-state index contributed by atoms with van der Waals surface area (Å²) in [5, 5.41) is 14.1. The molecule has 25 heavy (non-hydrogen) atoms. The van der Waals surface area contributed by atoms with Gasteiger partial charge in [0.05, 0.1) is 7.11 Å². The number of carbonyl (C=O) groups excluding carboxylic acids is 1. The molecule has 1 aromatic rings. The molecule has 0 bridgehead atoms. The number of methoxy groups -OCH3 is 1. The molecule has 0 saturated heterocycles. The zero-order valence-corrected chi connectivity index (χ0v) is 14.1. The van der Waals surface area contributed by atoms with Gasteiger partial charge in [-0.1, -0.05) is 19.8 Å². The molecule has 0 aromatic heterocycles. The summed E-state index contributed by atoms with van der Waals surface area (Å²) in [7, 11) is 1.44. The highest BCUT2D eigenvalue weighted by Crippen LogP contribution is 2.41. The van der Waals surface area contributed by atoms with E-state index in [1.807, 2.05) is 6.92 Å². The number of halogens is 3. The molecule has 2 rings (SSSR count). The van der Waals surface area contributed by atoms with Crippen molar-refractivity contribution in [1.82, 2.24) is 5.01 Å². The lowest BCUT2D eigenvalue weighted by molar-refractivity contribution is -0.297. The van der Waals surface area contributed by atoms with Crippen LogP contribution in [-0.2, 0) is 0 Å². The zero-order chi connectivity index (χ0) is 18.7. The van der Waals surface area contributed by atoms with Gasteiger partial charge in [-0.2, -0.15) is 23.3 Å². The van der Waals surface area contributed by atoms with Crippen LogP contribution in [0.15, 0.2) is 29.4 Å². The highest BCUT2D eigenvalue weighted by molar-refractivity contribution is 5.98. The maximum absolute atomic E-state index is 13.4. The van der Waals surface area contributed by atoms with E-state index in [1.54, 1.807) is 0 Å². The van der Waals surface area contributed by atoms with Gasteiger partial charge in [-0.15, -0.1) is 0 Å². The molecule has 0 spiro atoms. The predicted octanol–water partition coefficient (Wildman–Crippen LogP) is 3.73. The summed E-state index contributed by atoms with van der Waals surface area (Å²) >= 11 is 0. The lowest BCUT2D eigenvalue weighted by atomic mass is 10.0. The molecule has 1 N–H and O–H groups in total. The topological polar surface area (TPSA) is 62.1 Å². The fraction of sp³-hybridized carbons (Fsp3) is 0.529. The zero-order valence-electron chi connectivity index (χ0n) is 14.1. The number of carbonyl (C=O) groups is 1. The molecule has 1 amide bonds. The van der Waals surface area contributed by atoms with Crippen molar-refractivity contribution < 1.29 is 27.8 Å². The molecule has 0 radical (unpaired) electrons. The minimum atomic E-state index is -5.01. The number of rotatable bonds is 6. The maximum Gasteiger partial charge on any atom is 0.438 e. The van der Waals surface area contributed by atoms with Crippen LogP contribution in [0.3, 0.4) is 0 Å². The minimum absolute atomic E-state index is 0.0120. The number of alkyl halides is 3. The molecule has 8 heteroatoms. The van der Waals surface area contributed by atoms with Crippen molar-refractivity contribution in [3.05, 3.63) is 29.8 Å². The number of hydrazone groups is 1. The van der Waals surface area contributed by atoms with Gasteiger partial charge < -0.3 is 9.84 Å². The quantitative estimate of drug-likeness (QED) is 0.788. The first-order valence-corrected chi connectivity index (χ1v) is 8.07. The molecule has 1 aromatic carbocycles. The first-order valence-electron chi connectivity index (χ1n) is 8.07. The lowest BCUT2D eigenvalue weighted by Crippen LogP contribution is -2.56. The van der Waals surface area contributed by atoms with Crippen molar-refractivity contribution in [3.63, 3.8) is 0 Å². The first kappa shape index (κ1) is 19.2. The summed E-state index contributed by atoms with van der Waals surface area (Å²) < 4.78 is 45.2. The molecule has 0 fully saturated rings. The lowest BCUT2D eigenvalue weighted by Gasteiger charge is -2.32. The third-order valence-corrected chi connectivity index (χ3v) is 4.09. The first-order chi connectivity index (χ1) is 11.7. The van der Waals surface area contributed by atoms with E-state index in [-0.39, 0.29) is 16.3 Å². The van der Waals surface area contributed by atoms with Crippen LogP contribution in [0.1, 0.15) is 49.4 Å².